The number of hydrogen-bond donors (Lipinski definition) is 3. The summed E-state index contributed by atoms with van der Waals surface area (Å²) >= 11 is 0. The van der Waals surface area contributed by atoms with Gasteiger partial charge in [0.05, 0.1) is 37.2 Å². The van der Waals surface area contributed by atoms with E-state index in [1.807, 2.05) is 67.6 Å². The highest BCUT2D eigenvalue weighted by Crippen LogP contribution is 2.59. The van der Waals surface area contributed by atoms with Crippen molar-refractivity contribution >= 4 is 23.4 Å². The summed E-state index contributed by atoms with van der Waals surface area (Å²) in [6.07, 6.45) is 0.916. The molecule has 3 heterocycles. The molecule has 224 valence electrons. The van der Waals surface area contributed by atoms with Crippen LogP contribution in [-0.2, 0) is 32.1 Å². The fourth-order valence-corrected chi connectivity index (χ4v) is 7.13. The van der Waals surface area contributed by atoms with Crippen LogP contribution in [0.25, 0.3) is 0 Å². The molecule has 0 aromatic heterocycles. The number of rotatable bonds is 11. The number of amides is 3. The summed E-state index contributed by atoms with van der Waals surface area (Å²) in [6.45, 7) is 2.39. The molecule has 2 bridgehead atoms. The third kappa shape index (κ3) is 5.39. The predicted molar refractivity (Wildman–Crippen MR) is 160 cm³/mol. The maximum atomic E-state index is 14.4. The second-order valence-electron chi connectivity index (χ2n) is 11.5. The second-order valence-corrected chi connectivity index (χ2v) is 11.5. The van der Waals surface area contributed by atoms with Crippen LogP contribution in [0.1, 0.15) is 30.9 Å². The van der Waals surface area contributed by atoms with E-state index < -0.39 is 35.6 Å². The first-order valence-electron chi connectivity index (χ1n) is 15.0. The summed E-state index contributed by atoms with van der Waals surface area (Å²) in [4.78, 5) is 43.7. The highest BCUT2D eigenvalue weighted by Gasteiger charge is 2.75. The van der Waals surface area contributed by atoms with Gasteiger partial charge in [0, 0.05) is 12.2 Å². The maximum absolute atomic E-state index is 14.4. The van der Waals surface area contributed by atoms with E-state index in [2.05, 4.69) is 10.6 Å². The summed E-state index contributed by atoms with van der Waals surface area (Å²) < 4.78 is 12.1. The standard InChI is InChI=1S/C34H37N3O6/c1-2-42-26-15-13-24(14-16-26)36-31(39)28-27-17-18-34(43-27)29(28)33(41)37(25(21-38)19-22-9-5-3-6-10-22)30(34)32(40)35-20-23-11-7-4-8-12-23/h3-16,25,27-30,38H,2,17-21H2,1H3,(H,35,40)(H,36,39)/t25-,27-,28+,29+,30?,34?/m1/s1. The fraction of sp³-hybridized carbons (Fsp3) is 0.382. The molecule has 3 amide bonds. The minimum absolute atomic E-state index is 0.284. The Balaban J connectivity index is 1.30. The van der Waals surface area contributed by atoms with Crippen molar-refractivity contribution in [3.05, 3.63) is 96.1 Å². The minimum Gasteiger partial charge on any atom is -0.494 e. The molecule has 3 aromatic rings. The van der Waals surface area contributed by atoms with E-state index in [1.54, 1.807) is 24.3 Å². The average Bonchev–Trinajstić information content (AvgIpc) is 3.68. The Kier molecular flexibility index (Phi) is 8.19. The summed E-state index contributed by atoms with van der Waals surface area (Å²) in [7, 11) is 0. The molecule has 3 aliphatic rings. The molecule has 6 rings (SSSR count). The number of fused-ring (bicyclic) bond motifs is 1. The summed E-state index contributed by atoms with van der Waals surface area (Å²) in [5.74, 6) is -1.90. The maximum Gasteiger partial charge on any atom is 0.246 e. The van der Waals surface area contributed by atoms with Gasteiger partial charge in [0.25, 0.3) is 0 Å². The van der Waals surface area contributed by atoms with Crippen molar-refractivity contribution in [2.24, 2.45) is 11.8 Å². The van der Waals surface area contributed by atoms with Crippen molar-refractivity contribution in [1.29, 1.82) is 0 Å². The lowest BCUT2D eigenvalue weighted by atomic mass is 9.70. The number of anilines is 1. The van der Waals surface area contributed by atoms with E-state index in [4.69, 9.17) is 9.47 Å². The van der Waals surface area contributed by atoms with Crippen molar-refractivity contribution in [1.82, 2.24) is 10.2 Å². The van der Waals surface area contributed by atoms with Gasteiger partial charge in [0.2, 0.25) is 17.7 Å². The van der Waals surface area contributed by atoms with Crippen molar-refractivity contribution in [2.45, 2.75) is 56.5 Å². The van der Waals surface area contributed by atoms with E-state index in [0.717, 1.165) is 11.1 Å². The van der Waals surface area contributed by atoms with E-state index >= 15 is 0 Å². The van der Waals surface area contributed by atoms with E-state index in [0.29, 0.717) is 37.3 Å². The number of carbonyl (C=O) groups is 3. The molecular weight excluding hydrogens is 546 g/mol. The first-order valence-corrected chi connectivity index (χ1v) is 15.0. The van der Waals surface area contributed by atoms with Gasteiger partial charge in [0.15, 0.2) is 0 Å². The lowest BCUT2D eigenvalue weighted by Gasteiger charge is -2.36. The molecule has 0 radical (unpaired) electrons. The van der Waals surface area contributed by atoms with Crippen LogP contribution >= 0.6 is 0 Å². The number of hydrogen-bond acceptors (Lipinski definition) is 6. The van der Waals surface area contributed by atoms with Gasteiger partial charge in [-0.2, -0.15) is 0 Å². The Bertz CT molecular complexity index is 1450. The highest BCUT2D eigenvalue weighted by molar-refractivity contribution is 6.02. The van der Waals surface area contributed by atoms with Gasteiger partial charge in [-0.15, -0.1) is 0 Å². The van der Waals surface area contributed by atoms with Gasteiger partial charge < -0.3 is 30.1 Å². The van der Waals surface area contributed by atoms with Crippen molar-refractivity contribution in [3.8, 4) is 5.75 Å². The Morgan fingerprint density at radius 1 is 1.00 bits per heavy atom. The summed E-state index contributed by atoms with van der Waals surface area (Å²) in [5.41, 5.74) is 1.28. The van der Waals surface area contributed by atoms with Gasteiger partial charge in [-0.05, 0) is 61.6 Å². The van der Waals surface area contributed by atoms with E-state index in [-0.39, 0.29) is 30.9 Å². The van der Waals surface area contributed by atoms with Gasteiger partial charge in [0.1, 0.15) is 17.4 Å². The zero-order chi connectivity index (χ0) is 30.0. The number of nitrogens with zero attached hydrogens (tertiary/aromatic N) is 1. The lowest BCUT2D eigenvalue weighted by Crippen LogP contribution is -2.58. The molecule has 9 heteroatoms. The van der Waals surface area contributed by atoms with Gasteiger partial charge >= 0.3 is 0 Å². The number of nitrogens with one attached hydrogen (secondary N) is 2. The van der Waals surface area contributed by atoms with Crippen molar-refractivity contribution < 1.29 is 29.0 Å². The molecule has 43 heavy (non-hydrogen) atoms. The SMILES string of the molecule is CCOc1ccc(NC(=O)[C@@H]2[C@H]3C(=O)N([C@@H](CO)Cc4ccccc4)C(C(=O)NCc4ccccc4)C34CC[C@H]2O4)cc1. The quantitative estimate of drug-likeness (QED) is 0.319. The van der Waals surface area contributed by atoms with Crippen LogP contribution in [-0.4, -0.2) is 64.7 Å². The molecule has 6 atom stereocenters. The van der Waals surface area contributed by atoms with Crippen LogP contribution < -0.4 is 15.4 Å². The Morgan fingerprint density at radius 2 is 1.67 bits per heavy atom. The van der Waals surface area contributed by atoms with Crippen molar-refractivity contribution in [3.63, 3.8) is 0 Å². The lowest BCUT2D eigenvalue weighted by molar-refractivity contribution is -0.145. The topological polar surface area (TPSA) is 117 Å². The highest BCUT2D eigenvalue weighted by atomic mass is 16.5. The van der Waals surface area contributed by atoms with Crippen LogP contribution in [0.15, 0.2) is 84.9 Å². The number of ether oxygens (including phenoxy) is 2. The van der Waals surface area contributed by atoms with Crippen LogP contribution in [0.2, 0.25) is 0 Å². The normalized spacial score (nSPS) is 26.2. The molecule has 3 fully saturated rings. The number of likely N-dealkylation sites (tertiary alicyclic amines) is 1. The van der Waals surface area contributed by atoms with Gasteiger partial charge in [-0.3, -0.25) is 14.4 Å². The zero-order valence-electron chi connectivity index (χ0n) is 24.1. The first-order chi connectivity index (χ1) is 20.9. The molecule has 3 saturated heterocycles. The van der Waals surface area contributed by atoms with Crippen LogP contribution in [0.3, 0.4) is 0 Å². The van der Waals surface area contributed by atoms with Crippen LogP contribution in [0, 0.1) is 11.8 Å². The Labute approximate surface area is 251 Å². The third-order valence-electron chi connectivity index (χ3n) is 8.95. The second kappa shape index (κ2) is 12.2. The Morgan fingerprint density at radius 3 is 2.33 bits per heavy atom. The van der Waals surface area contributed by atoms with Gasteiger partial charge in [-0.25, -0.2) is 0 Å². The Hall–Kier alpha value is -4.21. The summed E-state index contributed by atoms with van der Waals surface area (Å²) in [6, 6.07) is 24.6. The predicted octanol–water partition coefficient (Wildman–Crippen LogP) is 3.32. The largest absolute Gasteiger partial charge is 0.494 e. The number of aliphatic hydroxyl groups excluding tert-OH is 1. The molecule has 0 saturated carbocycles. The molecular formula is C34H37N3O6. The minimum atomic E-state index is -1.16. The molecule has 3 aliphatic heterocycles. The van der Waals surface area contributed by atoms with Crippen LogP contribution in [0.5, 0.6) is 5.75 Å². The van der Waals surface area contributed by atoms with E-state index in [1.165, 1.54) is 4.90 Å². The number of aliphatic hydroxyl groups is 1. The first kappa shape index (κ1) is 28.9. The average molecular weight is 584 g/mol. The fourth-order valence-electron chi connectivity index (χ4n) is 7.13. The van der Waals surface area contributed by atoms with Gasteiger partial charge in [-0.1, -0.05) is 60.7 Å². The molecule has 0 aliphatic carbocycles. The summed E-state index contributed by atoms with van der Waals surface area (Å²) in [5, 5.41) is 16.6. The number of carbonyl (C=O) groups excluding carboxylic acids is 3. The molecule has 2 unspecified atom stereocenters. The molecule has 9 nitrogen and oxygen atoms in total. The van der Waals surface area contributed by atoms with Crippen LogP contribution in [0.4, 0.5) is 5.69 Å². The molecule has 3 aromatic carbocycles. The zero-order valence-corrected chi connectivity index (χ0v) is 24.1. The third-order valence-corrected chi connectivity index (χ3v) is 8.95. The molecule has 1 spiro atoms. The number of benzene rings is 3. The smallest absolute Gasteiger partial charge is 0.246 e. The monoisotopic (exact) mass is 583 g/mol. The molecule has 3 N–H and O–H groups in total. The van der Waals surface area contributed by atoms with E-state index in [9.17, 15) is 19.5 Å². The van der Waals surface area contributed by atoms with Crippen molar-refractivity contribution in [2.75, 3.05) is 18.5 Å².